The number of carbonyl (C=O) groups excluding carboxylic acids is 3. The van der Waals surface area contributed by atoms with Crippen LogP contribution in [-0.2, 0) is 60.1 Å². The predicted molar refractivity (Wildman–Crippen MR) is 265 cm³/mol. The number of amides is 2. The van der Waals surface area contributed by atoms with Crippen molar-refractivity contribution in [2.45, 2.75) is 108 Å². The molecule has 70 heavy (non-hydrogen) atoms. The molecule has 4 aliphatic rings. The smallest absolute Gasteiger partial charge is 0.333 e. The van der Waals surface area contributed by atoms with Crippen molar-refractivity contribution in [2.75, 3.05) is 35.8 Å². The van der Waals surface area contributed by atoms with Gasteiger partial charge in [-0.15, -0.1) is 5.06 Å². The SMILES string of the molecule is C.CC1(C)C(/C=C/C2=C(Oc3ccc(S(=O)(=O)O)cc3)C(=C/C=C3/N(CCCS(C)(=O)=O)c4ccccc4C3(C)CCCC(=O)ON3C(=O)CCC3=O)/CCC2)=[N+](CCCS(=O)(=O)[O-])c2ccccc21. The molecule has 3 aliphatic heterocycles. The van der Waals surface area contributed by atoms with Gasteiger partial charge in [0, 0.05) is 78.7 Å². The molecule has 0 spiro atoms. The van der Waals surface area contributed by atoms with E-state index in [1.165, 1.54) is 30.5 Å². The molecule has 376 valence electrons. The van der Waals surface area contributed by atoms with Gasteiger partial charge in [-0.05, 0) is 118 Å². The van der Waals surface area contributed by atoms with Crippen molar-refractivity contribution >= 4 is 64.9 Å². The second-order valence-corrected chi connectivity index (χ2v) is 23.7. The van der Waals surface area contributed by atoms with Crippen LogP contribution < -0.4 is 9.64 Å². The third-order valence-corrected chi connectivity index (χ3v) is 15.8. The maximum atomic E-state index is 13.0. The zero-order valence-corrected chi connectivity index (χ0v) is 41.5. The first-order valence-corrected chi connectivity index (χ1v) is 27.9. The minimum atomic E-state index is -4.49. The summed E-state index contributed by atoms with van der Waals surface area (Å²) in [5, 5.41) is 0.535. The summed E-state index contributed by atoms with van der Waals surface area (Å²) >= 11 is 0. The maximum absolute atomic E-state index is 13.0. The monoisotopic (exact) mass is 1020 g/mol. The number of fused-ring (bicyclic) bond motifs is 2. The Morgan fingerprint density at radius 3 is 2.13 bits per heavy atom. The molecular formula is C51H61N3O13S3. The molecule has 2 amide bonds. The van der Waals surface area contributed by atoms with Crippen LogP contribution in [0.25, 0.3) is 0 Å². The van der Waals surface area contributed by atoms with Crippen LogP contribution in [0.4, 0.5) is 11.4 Å². The number of para-hydroxylation sites is 2. The molecule has 16 nitrogen and oxygen atoms in total. The summed E-state index contributed by atoms with van der Waals surface area (Å²) in [4.78, 5) is 44.2. The Bertz CT molecular complexity index is 3030. The molecule has 0 bridgehead atoms. The van der Waals surface area contributed by atoms with Gasteiger partial charge in [-0.3, -0.25) is 14.1 Å². The van der Waals surface area contributed by atoms with Gasteiger partial charge in [0.05, 0.1) is 26.2 Å². The van der Waals surface area contributed by atoms with Crippen molar-refractivity contribution < 1.29 is 62.9 Å². The number of benzene rings is 3. The summed E-state index contributed by atoms with van der Waals surface area (Å²) in [6.45, 7) is 6.85. The summed E-state index contributed by atoms with van der Waals surface area (Å²) in [5.74, 6) is -1.60. The Morgan fingerprint density at radius 2 is 1.47 bits per heavy atom. The number of nitrogens with zero attached hydrogens (tertiary/aromatic N) is 3. The quantitative estimate of drug-likeness (QED) is 0.0689. The number of allylic oxidation sites excluding steroid dienone is 7. The Hall–Kier alpha value is -5.73. The standard InChI is InChI=1S/C50H57N3O13S3.CH4/c1-49(2)39-15-5-7-17-41(39)51(32-12-34-68(59,60)61)43(49)26-20-35-13-9-14-36(48(35)65-37-22-24-38(25-23-37)69(62,63)64)21-27-44-50(3,30-10-19-47(56)66-53-45(54)28-29-46(53)55)40-16-6-8-18-42(40)52(44)31-11-33-67(4,57)58;/h5-8,15-18,20-27H,9-14,19,28-34H2,1-4H3,(H-,59,60,61,62,63,64);1H4. The lowest BCUT2D eigenvalue weighted by molar-refractivity contribution is -0.437. The molecule has 1 aliphatic carbocycles. The molecule has 1 saturated heterocycles. The highest BCUT2D eigenvalue weighted by Crippen LogP contribution is 2.51. The molecule has 3 aromatic carbocycles. The number of imide groups is 1. The first kappa shape index (κ1) is 53.6. The fourth-order valence-corrected chi connectivity index (χ4v) is 11.3. The number of anilines is 1. The van der Waals surface area contributed by atoms with Gasteiger partial charge >= 0.3 is 5.97 Å². The number of carbonyl (C=O) groups is 3. The summed E-state index contributed by atoms with van der Waals surface area (Å²) in [7, 11) is -12.2. The largest absolute Gasteiger partial charge is 0.748 e. The van der Waals surface area contributed by atoms with Crippen LogP contribution in [0.5, 0.6) is 5.75 Å². The van der Waals surface area contributed by atoms with Gasteiger partial charge in [0.2, 0.25) is 5.69 Å². The lowest BCUT2D eigenvalue weighted by Crippen LogP contribution is -2.32. The van der Waals surface area contributed by atoms with Crippen LogP contribution >= 0.6 is 0 Å². The van der Waals surface area contributed by atoms with Gasteiger partial charge in [0.25, 0.3) is 21.9 Å². The van der Waals surface area contributed by atoms with Crippen LogP contribution in [0.1, 0.15) is 104 Å². The number of ether oxygens (including phenoxy) is 1. The Labute approximate surface area is 411 Å². The average molecular weight is 1020 g/mol. The minimum absolute atomic E-state index is 0. The van der Waals surface area contributed by atoms with Crippen molar-refractivity contribution in [1.82, 2.24) is 5.06 Å². The molecule has 1 fully saturated rings. The molecule has 7 rings (SSSR count). The lowest BCUT2D eigenvalue weighted by Gasteiger charge is -2.31. The van der Waals surface area contributed by atoms with Gasteiger partial charge in [-0.2, -0.15) is 13.0 Å². The van der Waals surface area contributed by atoms with Gasteiger partial charge in [-0.1, -0.05) is 49.9 Å². The summed E-state index contributed by atoms with van der Waals surface area (Å²) < 4.78 is 102. The first-order chi connectivity index (χ1) is 32.5. The van der Waals surface area contributed by atoms with Crippen LogP contribution in [0.3, 0.4) is 0 Å². The normalized spacial score (nSPS) is 20.4. The van der Waals surface area contributed by atoms with E-state index in [1.54, 1.807) is 0 Å². The van der Waals surface area contributed by atoms with Crippen molar-refractivity contribution in [2.24, 2.45) is 0 Å². The lowest BCUT2D eigenvalue weighted by atomic mass is 9.77. The predicted octanol–water partition coefficient (Wildman–Crippen LogP) is 7.75. The summed E-state index contributed by atoms with van der Waals surface area (Å²) in [6, 6.07) is 21.0. The summed E-state index contributed by atoms with van der Waals surface area (Å²) in [5.41, 5.74) is 5.84. The van der Waals surface area contributed by atoms with Crippen molar-refractivity contribution in [3.8, 4) is 5.75 Å². The maximum Gasteiger partial charge on any atom is 0.333 e. The van der Waals surface area contributed by atoms with Crippen LogP contribution in [-0.4, -0.2) is 98.3 Å². The van der Waals surface area contributed by atoms with Crippen LogP contribution in [0.2, 0.25) is 0 Å². The van der Waals surface area contributed by atoms with Gasteiger partial charge < -0.3 is 19.0 Å². The molecule has 3 aromatic rings. The third kappa shape index (κ3) is 12.2. The second-order valence-electron chi connectivity index (χ2n) is 18.5. The van der Waals surface area contributed by atoms with Crippen molar-refractivity contribution in [3.63, 3.8) is 0 Å². The number of hydrogen-bond donors (Lipinski definition) is 1. The molecule has 19 heteroatoms. The average Bonchev–Trinajstić information content (AvgIpc) is 3.80. The molecule has 3 heterocycles. The first-order valence-electron chi connectivity index (χ1n) is 22.8. The van der Waals surface area contributed by atoms with Gasteiger partial charge in [0.15, 0.2) is 5.71 Å². The van der Waals surface area contributed by atoms with Gasteiger partial charge in [0.1, 0.15) is 27.9 Å². The number of sulfone groups is 1. The molecular weight excluding hydrogens is 959 g/mol. The Morgan fingerprint density at radius 1 is 0.814 bits per heavy atom. The molecule has 1 unspecified atom stereocenters. The fourth-order valence-electron chi connectivity index (χ4n) is 9.68. The van der Waals surface area contributed by atoms with Crippen molar-refractivity contribution in [3.05, 3.63) is 131 Å². The number of hydroxylamine groups is 2. The molecule has 1 N–H and O–H groups in total. The molecule has 0 aromatic heterocycles. The van der Waals surface area contributed by atoms with E-state index in [0.29, 0.717) is 61.6 Å². The van der Waals surface area contributed by atoms with E-state index in [0.717, 1.165) is 45.1 Å². The number of hydrogen-bond acceptors (Lipinski definition) is 13. The highest BCUT2D eigenvalue weighted by Gasteiger charge is 2.45. The second kappa shape index (κ2) is 21.3. The number of rotatable bonds is 19. The highest BCUT2D eigenvalue weighted by atomic mass is 32.2. The van der Waals surface area contributed by atoms with E-state index in [4.69, 9.17) is 9.57 Å². The highest BCUT2D eigenvalue weighted by molar-refractivity contribution is 7.90. The molecule has 1 atom stereocenters. The van der Waals surface area contributed by atoms with E-state index in [-0.39, 0.29) is 50.3 Å². The van der Waals surface area contributed by atoms with E-state index >= 15 is 0 Å². The zero-order chi connectivity index (χ0) is 49.9. The van der Waals surface area contributed by atoms with Gasteiger partial charge in [-0.25, -0.2) is 21.6 Å². The molecule has 0 radical (unpaired) electrons. The van der Waals surface area contributed by atoms with E-state index in [1.807, 2.05) is 77.4 Å². The fraction of sp³-hybridized carbons (Fsp3) is 0.412. The summed E-state index contributed by atoms with van der Waals surface area (Å²) in [6.07, 6.45) is 12.0. The Kier molecular flexibility index (Phi) is 16.3. The van der Waals surface area contributed by atoms with E-state index in [2.05, 4.69) is 25.7 Å². The van der Waals surface area contributed by atoms with E-state index < -0.39 is 64.4 Å². The topological polar surface area (TPSA) is 225 Å². The minimum Gasteiger partial charge on any atom is -0.748 e. The van der Waals surface area contributed by atoms with Crippen LogP contribution in [0, 0.1) is 0 Å². The zero-order valence-electron chi connectivity index (χ0n) is 39.0. The Balaban J connectivity index is 0.00000804. The van der Waals surface area contributed by atoms with E-state index in [9.17, 15) is 48.7 Å². The van der Waals surface area contributed by atoms with Crippen molar-refractivity contribution in [1.29, 1.82) is 0 Å². The molecule has 0 saturated carbocycles. The van der Waals surface area contributed by atoms with Crippen LogP contribution in [0.15, 0.2) is 125 Å². The third-order valence-electron chi connectivity index (χ3n) is 13.1.